The van der Waals surface area contributed by atoms with Gasteiger partial charge in [-0.2, -0.15) is 5.26 Å². The van der Waals surface area contributed by atoms with Crippen molar-refractivity contribution in [3.63, 3.8) is 0 Å². The van der Waals surface area contributed by atoms with Crippen LogP contribution in [0.25, 0.3) is 0 Å². The maximum Gasteiger partial charge on any atom is 0.165 e. The zero-order valence-corrected chi connectivity index (χ0v) is 13.2. The number of ketones is 1. The summed E-state index contributed by atoms with van der Waals surface area (Å²) in [6, 6.07) is 30.6. The summed E-state index contributed by atoms with van der Waals surface area (Å²) in [5, 5.41) is 10.1. The fraction of sp³-hybridized carbons (Fsp3) is 0.0909. The molecule has 24 heavy (non-hydrogen) atoms. The monoisotopic (exact) mass is 311 g/mol. The first-order valence-electron chi connectivity index (χ1n) is 7.87. The van der Waals surface area contributed by atoms with Crippen molar-refractivity contribution in [3.05, 3.63) is 108 Å². The van der Waals surface area contributed by atoms with Crippen LogP contribution in [0.15, 0.2) is 91.0 Å². The number of carbonyl (C=O) groups is 1. The summed E-state index contributed by atoms with van der Waals surface area (Å²) in [6.07, 6.45) is 0.113. The Balaban J connectivity index is 2.09. The van der Waals surface area contributed by atoms with Gasteiger partial charge in [0.15, 0.2) is 5.78 Å². The van der Waals surface area contributed by atoms with Gasteiger partial charge in [-0.25, -0.2) is 0 Å². The molecule has 3 aromatic carbocycles. The molecule has 0 bridgehead atoms. The minimum atomic E-state index is -0.991. The molecule has 3 rings (SSSR count). The second kappa shape index (κ2) is 6.93. The largest absolute Gasteiger partial charge is 0.294 e. The predicted molar refractivity (Wildman–Crippen MR) is 94.7 cm³/mol. The van der Waals surface area contributed by atoms with Gasteiger partial charge in [0, 0.05) is 12.0 Å². The van der Waals surface area contributed by atoms with Gasteiger partial charge in [0.2, 0.25) is 0 Å². The van der Waals surface area contributed by atoms with Gasteiger partial charge in [-0.3, -0.25) is 4.79 Å². The van der Waals surface area contributed by atoms with Crippen LogP contribution in [-0.2, 0) is 5.41 Å². The van der Waals surface area contributed by atoms with Crippen LogP contribution < -0.4 is 0 Å². The number of nitrogens with zero attached hydrogens (tertiary/aromatic N) is 1. The zero-order chi connectivity index (χ0) is 16.8. The molecule has 0 spiro atoms. The SMILES string of the molecule is N#CC(CC(=O)c1ccccc1)(c1ccccc1)c1ccccc1. The van der Waals surface area contributed by atoms with Crippen LogP contribution in [0, 0.1) is 11.3 Å². The van der Waals surface area contributed by atoms with E-state index in [2.05, 4.69) is 6.07 Å². The fourth-order valence-electron chi connectivity index (χ4n) is 2.95. The summed E-state index contributed by atoms with van der Waals surface area (Å²) in [6.45, 7) is 0. The molecule has 0 aliphatic rings. The van der Waals surface area contributed by atoms with Gasteiger partial charge in [-0.05, 0) is 11.1 Å². The molecule has 0 amide bonds. The first kappa shape index (κ1) is 15.7. The lowest BCUT2D eigenvalue weighted by Crippen LogP contribution is -2.29. The highest BCUT2D eigenvalue weighted by Crippen LogP contribution is 2.36. The number of benzene rings is 3. The van der Waals surface area contributed by atoms with E-state index in [4.69, 9.17) is 0 Å². The van der Waals surface area contributed by atoms with Gasteiger partial charge in [-0.1, -0.05) is 91.0 Å². The van der Waals surface area contributed by atoms with E-state index in [0.29, 0.717) is 5.56 Å². The Kier molecular flexibility index (Phi) is 4.54. The third kappa shape index (κ3) is 2.98. The molecular formula is C22H17NO. The molecule has 0 unspecified atom stereocenters. The molecule has 2 heteroatoms. The number of hydrogen-bond donors (Lipinski definition) is 0. The summed E-state index contributed by atoms with van der Waals surface area (Å²) in [4.78, 5) is 12.8. The van der Waals surface area contributed by atoms with Gasteiger partial charge < -0.3 is 0 Å². The molecule has 116 valence electrons. The van der Waals surface area contributed by atoms with Gasteiger partial charge in [-0.15, -0.1) is 0 Å². The third-order valence-corrected chi connectivity index (χ3v) is 4.25. The van der Waals surface area contributed by atoms with Crippen LogP contribution in [0.1, 0.15) is 27.9 Å². The number of nitriles is 1. The molecule has 0 fully saturated rings. The summed E-state index contributed by atoms with van der Waals surface area (Å²) >= 11 is 0. The fourth-order valence-corrected chi connectivity index (χ4v) is 2.95. The van der Waals surface area contributed by atoms with Gasteiger partial charge in [0.1, 0.15) is 5.41 Å². The number of carbonyl (C=O) groups excluding carboxylic acids is 1. The lowest BCUT2D eigenvalue weighted by molar-refractivity contribution is 0.0968. The molecule has 0 saturated carbocycles. The molecule has 0 saturated heterocycles. The first-order valence-corrected chi connectivity index (χ1v) is 7.87. The summed E-state index contributed by atoms with van der Waals surface area (Å²) in [5.74, 6) is -0.0372. The van der Waals surface area contributed by atoms with Gasteiger partial charge >= 0.3 is 0 Å². The summed E-state index contributed by atoms with van der Waals surface area (Å²) in [5.41, 5.74) is 1.31. The highest BCUT2D eigenvalue weighted by atomic mass is 16.1. The third-order valence-electron chi connectivity index (χ3n) is 4.25. The highest BCUT2D eigenvalue weighted by molar-refractivity contribution is 5.97. The molecule has 2 nitrogen and oxygen atoms in total. The Bertz CT molecular complexity index is 809. The van der Waals surface area contributed by atoms with E-state index in [9.17, 15) is 10.1 Å². The van der Waals surface area contributed by atoms with Gasteiger partial charge in [0.05, 0.1) is 6.07 Å². The second-order valence-corrected chi connectivity index (χ2v) is 5.72. The zero-order valence-electron chi connectivity index (χ0n) is 13.2. The van der Waals surface area contributed by atoms with Crippen LogP contribution in [0.5, 0.6) is 0 Å². The molecule has 0 N–H and O–H groups in total. The van der Waals surface area contributed by atoms with E-state index in [-0.39, 0.29) is 12.2 Å². The van der Waals surface area contributed by atoms with Crippen LogP contribution >= 0.6 is 0 Å². The van der Waals surface area contributed by atoms with E-state index in [1.165, 1.54) is 0 Å². The summed E-state index contributed by atoms with van der Waals surface area (Å²) in [7, 11) is 0. The molecule has 0 atom stereocenters. The normalized spacial score (nSPS) is 10.8. The summed E-state index contributed by atoms with van der Waals surface area (Å²) < 4.78 is 0. The Labute approximate surface area is 142 Å². The van der Waals surface area contributed by atoms with Crippen molar-refractivity contribution in [1.29, 1.82) is 5.26 Å². The van der Waals surface area contributed by atoms with E-state index in [1.54, 1.807) is 12.1 Å². The van der Waals surface area contributed by atoms with E-state index in [1.807, 2.05) is 78.9 Å². The van der Waals surface area contributed by atoms with Gasteiger partial charge in [0.25, 0.3) is 0 Å². The quantitative estimate of drug-likeness (QED) is 0.637. The average Bonchev–Trinajstić information content (AvgIpc) is 2.68. The molecule has 0 radical (unpaired) electrons. The Morgan fingerprint density at radius 2 is 1.17 bits per heavy atom. The van der Waals surface area contributed by atoms with Crippen LogP contribution in [0.2, 0.25) is 0 Å². The maximum atomic E-state index is 12.8. The lowest BCUT2D eigenvalue weighted by Gasteiger charge is -2.27. The van der Waals surface area contributed by atoms with Crippen LogP contribution in [0.3, 0.4) is 0 Å². The van der Waals surface area contributed by atoms with Crippen molar-refractivity contribution in [3.8, 4) is 6.07 Å². The van der Waals surface area contributed by atoms with Crippen molar-refractivity contribution in [2.24, 2.45) is 0 Å². The van der Waals surface area contributed by atoms with Crippen molar-refractivity contribution in [2.75, 3.05) is 0 Å². The maximum absolute atomic E-state index is 12.8. The molecule has 3 aromatic rings. The molecule has 0 heterocycles. The smallest absolute Gasteiger partial charge is 0.165 e. The molecule has 0 aliphatic heterocycles. The molecule has 0 aliphatic carbocycles. The Morgan fingerprint density at radius 3 is 1.58 bits per heavy atom. The number of Topliss-reactive ketones (excluding diaryl/α,β-unsaturated/α-hetero) is 1. The first-order chi connectivity index (χ1) is 11.8. The minimum absolute atomic E-state index is 0.0372. The Hall–Kier alpha value is -3.18. The number of rotatable bonds is 5. The van der Waals surface area contributed by atoms with Crippen molar-refractivity contribution in [1.82, 2.24) is 0 Å². The Morgan fingerprint density at radius 1 is 0.750 bits per heavy atom. The molecule has 0 aromatic heterocycles. The van der Waals surface area contributed by atoms with Crippen LogP contribution in [0.4, 0.5) is 0 Å². The topological polar surface area (TPSA) is 40.9 Å². The van der Waals surface area contributed by atoms with E-state index >= 15 is 0 Å². The lowest BCUT2D eigenvalue weighted by atomic mass is 9.71. The average molecular weight is 311 g/mol. The highest BCUT2D eigenvalue weighted by Gasteiger charge is 2.37. The minimum Gasteiger partial charge on any atom is -0.294 e. The standard InChI is InChI=1S/C22H17NO/c23-17-22(19-12-6-2-7-13-19,20-14-8-3-9-15-20)16-21(24)18-10-4-1-5-11-18/h1-15H,16H2. The van der Waals surface area contributed by atoms with Crippen molar-refractivity contribution in [2.45, 2.75) is 11.8 Å². The number of hydrogen-bond acceptors (Lipinski definition) is 2. The van der Waals surface area contributed by atoms with Crippen LogP contribution in [-0.4, -0.2) is 5.78 Å². The van der Waals surface area contributed by atoms with E-state index < -0.39 is 5.41 Å². The second-order valence-electron chi connectivity index (χ2n) is 5.72. The predicted octanol–water partition coefficient (Wildman–Crippen LogP) is 4.77. The van der Waals surface area contributed by atoms with Crippen molar-refractivity contribution < 1.29 is 4.79 Å². The van der Waals surface area contributed by atoms with Crippen molar-refractivity contribution >= 4 is 5.78 Å². The molecular weight excluding hydrogens is 294 g/mol. The van der Waals surface area contributed by atoms with E-state index in [0.717, 1.165) is 11.1 Å².